The maximum atomic E-state index is 13.3. The Morgan fingerprint density at radius 1 is 0.964 bits per heavy atom. The van der Waals surface area contributed by atoms with E-state index in [1.54, 1.807) is 67.7 Å². The average Bonchev–Trinajstić information content (AvgIpc) is 3.16. The summed E-state index contributed by atoms with van der Waals surface area (Å²) in [5.41, 5.74) is 4.12. The molecule has 1 unspecified atom stereocenters. The molecule has 3 aromatic heterocycles. The van der Waals surface area contributed by atoms with Gasteiger partial charge < -0.3 is 19.9 Å². The lowest BCUT2D eigenvalue weighted by Crippen LogP contribution is -2.47. The maximum absolute atomic E-state index is 13.3. The van der Waals surface area contributed by atoms with E-state index in [0.29, 0.717) is 56.4 Å². The van der Waals surface area contributed by atoms with Gasteiger partial charge >= 0.3 is 6.36 Å². The predicted molar refractivity (Wildman–Crippen MR) is 200 cm³/mol. The average molecular weight is 745 g/mol. The van der Waals surface area contributed by atoms with Crippen LogP contribution in [0.25, 0.3) is 44.1 Å². The van der Waals surface area contributed by atoms with Crippen LogP contribution in [0.15, 0.2) is 96.1 Å². The first-order valence-corrected chi connectivity index (χ1v) is 17.1. The van der Waals surface area contributed by atoms with Crippen LogP contribution in [-0.2, 0) is 16.6 Å². The minimum atomic E-state index is -4.93. The topological polar surface area (TPSA) is 144 Å². The number of aryl methyl sites for hydroxylation is 2. The van der Waals surface area contributed by atoms with E-state index in [1.807, 2.05) is 12.1 Å². The number of imide groups is 1. The highest BCUT2D eigenvalue weighted by molar-refractivity contribution is 6.06. The third-order valence-corrected chi connectivity index (χ3v) is 9.09. The molecule has 14 heteroatoms. The van der Waals surface area contributed by atoms with Crippen molar-refractivity contribution >= 4 is 45.1 Å². The monoisotopic (exact) mass is 744 g/mol. The van der Waals surface area contributed by atoms with Crippen molar-refractivity contribution in [1.29, 1.82) is 0 Å². The van der Waals surface area contributed by atoms with Gasteiger partial charge in [-0.15, -0.1) is 13.2 Å². The number of pyridine rings is 3. The van der Waals surface area contributed by atoms with Crippen LogP contribution in [-0.4, -0.2) is 51.2 Å². The quantitative estimate of drug-likeness (QED) is 0.133. The highest BCUT2D eigenvalue weighted by Crippen LogP contribution is 2.38. The third-order valence-electron chi connectivity index (χ3n) is 9.09. The third kappa shape index (κ3) is 8.01. The van der Waals surface area contributed by atoms with E-state index in [2.05, 4.69) is 42.5 Å². The number of piperidine rings is 1. The van der Waals surface area contributed by atoms with E-state index in [9.17, 15) is 32.3 Å². The molecule has 3 amide bonds. The molecule has 0 saturated carbocycles. The minimum absolute atomic E-state index is 0.0536. The SMILES string of the molecule is Cc1cc2c(-c3cccc4cc(-c5ccc(C(=O)NCC#Cc6cccc(NC7CCC(=O)NC7=O)c6)nc5)ncc34)cc(OC(F)(F)F)cc2n(C)c1=O. The number of hydrogen-bond acceptors (Lipinski definition) is 8. The smallest absolute Gasteiger partial charge is 0.406 e. The molecule has 1 atom stereocenters. The fraction of sp³-hybridized carbons (Fsp3) is 0.171. The van der Waals surface area contributed by atoms with Gasteiger partial charge in [0.1, 0.15) is 17.5 Å². The molecule has 0 bridgehead atoms. The predicted octanol–water partition coefficient (Wildman–Crippen LogP) is 6.02. The Kier molecular flexibility index (Phi) is 9.77. The molecule has 0 aliphatic carbocycles. The van der Waals surface area contributed by atoms with Crippen LogP contribution in [0, 0.1) is 18.8 Å². The molecular formula is C41H31F3N6O5. The number of nitrogens with zero attached hydrogens (tertiary/aromatic N) is 3. The number of nitrogens with one attached hydrogen (secondary N) is 3. The first kappa shape index (κ1) is 36.4. The number of hydrogen-bond donors (Lipinski definition) is 3. The fourth-order valence-electron chi connectivity index (χ4n) is 6.43. The lowest BCUT2D eigenvalue weighted by atomic mass is 9.94. The molecule has 4 heterocycles. The van der Waals surface area contributed by atoms with Crippen LogP contribution in [0.3, 0.4) is 0 Å². The number of anilines is 1. The summed E-state index contributed by atoms with van der Waals surface area (Å²) in [5, 5.41) is 10.1. The van der Waals surface area contributed by atoms with Crippen molar-refractivity contribution in [1.82, 2.24) is 25.2 Å². The molecule has 1 aliphatic rings. The molecule has 276 valence electrons. The summed E-state index contributed by atoms with van der Waals surface area (Å²) in [5.74, 6) is 4.35. The number of fused-ring (bicyclic) bond motifs is 2. The van der Waals surface area contributed by atoms with Gasteiger partial charge in [0.25, 0.3) is 11.5 Å². The first-order valence-electron chi connectivity index (χ1n) is 17.1. The van der Waals surface area contributed by atoms with Gasteiger partial charge in [-0.1, -0.05) is 36.1 Å². The van der Waals surface area contributed by atoms with Gasteiger partial charge in [0, 0.05) is 65.1 Å². The molecule has 1 saturated heterocycles. The molecule has 3 N–H and O–H groups in total. The number of halogens is 3. The van der Waals surface area contributed by atoms with E-state index >= 15 is 0 Å². The summed E-state index contributed by atoms with van der Waals surface area (Å²) in [6.07, 6.45) is -1.13. The number of aromatic nitrogens is 3. The van der Waals surface area contributed by atoms with Crippen molar-refractivity contribution in [2.75, 3.05) is 11.9 Å². The van der Waals surface area contributed by atoms with Crippen molar-refractivity contribution in [3.8, 4) is 40.0 Å². The fourth-order valence-corrected chi connectivity index (χ4v) is 6.43. The Balaban J connectivity index is 1.06. The van der Waals surface area contributed by atoms with Crippen LogP contribution in [0.4, 0.5) is 18.9 Å². The summed E-state index contributed by atoms with van der Waals surface area (Å²) in [4.78, 5) is 57.9. The number of carbonyl (C=O) groups is 3. The molecule has 0 radical (unpaired) electrons. The van der Waals surface area contributed by atoms with Gasteiger partial charge in [-0.2, -0.15) is 0 Å². The van der Waals surface area contributed by atoms with Gasteiger partial charge in [-0.3, -0.25) is 34.5 Å². The number of ether oxygens (including phenoxy) is 1. The van der Waals surface area contributed by atoms with Crippen molar-refractivity contribution in [3.05, 3.63) is 118 Å². The Morgan fingerprint density at radius 2 is 1.78 bits per heavy atom. The summed E-state index contributed by atoms with van der Waals surface area (Å²) >= 11 is 0. The van der Waals surface area contributed by atoms with E-state index < -0.39 is 24.1 Å². The molecule has 7 rings (SSSR count). The lowest BCUT2D eigenvalue weighted by Gasteiger charge is -2.22. The van der Waals surface area contributed by atoms with Crippen molar-refractivity contribution in [3.63, 3.8) is 0 Å². The van der Waals surface area contributed by atoms with E-state index in [1.165, 1.54) is 29.9 Å². The second-order valence-corrected chi connectivity index (χ2v) is 12.9. The van der Waals surface area contributed by atoms with Gasteiger partial charge in [0.15, 0.2) is 0 Å². The Morgan fingerprint density at radius 3 is 2.55 bits per heavy atom. The van der Waals surface area contributed by atoms with Crippen LogP contribution in [0.1, 0.15) is 34.5 Å². The van der Waals surface area contributed by atoms with Gasteiger partial charge in [0.05, 0.1) is 17.8 Å². The van der Waals surface area contributed by atoms with Gasteiger partial charge in [-0.05, 0) is 78.4 Å². The van der Waals surface area contributed by atoms with Gasteiger partial charge in [0.2, 0.25) is 11.8 Å². The van der Waals surface area contributed by atoms with Crippen LogP contribution in [0.5, 0.6) is 5.75 Å². The number of amides is 3. The number of benzene rings is 3. The minimum Gasteiger partial charge on any atom is -0.406 e. The van der Waals surface area contributed by atoms with Crippen molar-refractivity contribution in [2.24, 2.45) is 7.05 Å². The normalized spacial score (nSPS) is 14.2. The second kappa shape index (κ2) is 14.8. The summed E-state index contributed by atoms with van der Waals surface area (Å²) < 4.78 is 45.5. The molecule has 1 fully saturated rings. The van der Waals surface area contributed by atoms with Crippen molar-refractivity contribution < 1.29 is 32.3 Å². The van der Waals surface area contributed by atoms with E-state index in [4.69, 9.17) is 0 Å². The second-order valence-electron chi connectivity index (χ2n) is 12.9. The molecule has 1 aliphatic heterocycles. The lowest BCUT2D eigenvalue weighted by molar-refractivity contribution is -0.274. The molecule has 6 aromatic rings. The Labute approximate surface area is 311 Å². The first-order chi connectivity index (χ1) is 26.3. The Hall–Kier alpha value is -7.01. The molecule has 55 heavy (non-hydrogen) atoms. The van der Waals surface area contributed by atoms with Crippen LogP contribution < -0.4 is 26.2 Å². The Bertz CT molecular complexity index is 2650. The summed E-state index contributed by atoms with van der Waals surface area (Å²) in [7, 11) is 1.50. The summed E-state index contributed by atoms with van der Waals surface area (Å²) in [6, 6.07) is 21.3. The molecule has 3 aromatic carbocycles. The van der Waals surface area contributed by atoms with Crippen molar-refractivity contribution in [2.45, 2.75) is 32.2 Å². The standard InChI is InChI=1S/C41H31F3N6O5/c1-23-16-31-30(19-28(55-41(42,43)44)20-36(31)50(2)40(23)54)29-10-4-8-25-18-35(47-22-32(25)29)26-11-12-33(46-21-26)38(52)45-15-5-7-24-6-3-9-27(17-24)48-34-13-14-37(51)49-39(34)53/h3-4,6,8-12,16-22,34,48H,13-15H2,1-2H3,(H,45,52)(H,49,51,53). The zero-order valence-corrected chi connectivity index (χ0v) is 29.4. The van der Waals surface area contributed by atoms with Crippen LogP contribution in [0.2, 0.25) is 0 Å². The van der Waals surface area contributed by atoms with E-state index in [0.717, 1.165) is 5.39 Å². The highest BCUT2D eigenvalue weighted by Gasteiger charge is 2.32. The zero-order chi connectivity index (χ0) is 38.9. The number of alkyl halides is 3. The zero-order valence-electron chi connectivity index (χ0n) is 29.4. The number of rotatable bonds is 7. The highest BCUT2D eigenvalue weighted by atomic mass is 19.4. The largest absolute Gasteiger partial charge is 0.573 e. The van der Waals surface area contributed by atoms with E-state index in [-0.39, 0.29) is 41.5 Å². The molecule has 11 nitrogen and oxygen atoms in total. The molecule has 0 spiro atoms. The number of carbonyl (C=O) groups excluding carboxylic acids is 3. The van der Waals surface area contributed by atoms with Crippen LogP contribution >= 0.6 is 0 Å². The summed E-state index contributed by atoms with van der Waals surface area (Å²) in [6.45, 7) is 1.70. The van der Waals surface area contributed by atoms with Gasteiger partial charge in [-0.25, -0.2) is 0 Å². The maximum Gasteiger partial charge on any atom is 0.573 e. The molecular weight excluding hydrogens is 713 g/mol.